The molecule has 2 rings (SSSR count). The normalized spacial score (nSPS) is 22.5. The highest BCUT2D eigenvalue weighted by Gasteiger charge is 2.40. The summed E-state index contributed by atoms with van der Waals surface area (Å²) >= 11 is 0. The molecule has 0 saturated carbocycles. The molecular formula is C12H13NO6. The predicted octanol–water partition coefficient (Wildman–Crippen LogP) is -0.242. The summed E-state index contributed by atoms with van der Waals surface area (Å²) in [6, 6.07) is 2.72. The van der Waals surface area contributed by atoms with Crippen LogP contribution in [-0.2, 0) is 4.79 Å². The number of benzene rings is 1. The first kappa shape index (κ1) is 13.2. The number of aliphatic carboxylic acids is 1. The molecule has 102 valence electrons. The molecule has 1 saturated heterocycles. The number of amides is 1. The van der Waals surface area contributed by atoms with Gasteiger partial charge in [0.2, 0.25) is 0 Å². The summed E-state index contributed by atoms with van der Waals surface area (Å²) in [4.78, 5) is 24.2. The van der Waals surface area contributed by atoms with Gasteiger partial charge >= 0.3 is 5.97 Å². The first-order chi connectivity index (χ1) is 8.91. The first-order valence-corrected chi connectivity index (χ1v) is 5.64. The van der Waals surface area contributed by atoms with Crippen LogP contribution in [0.3, 0.4) is 0 Å². The second-order valence-electron chi connectivity index (χ2n) is 4.37. The molecule has 19 heavy (non-hydrogen) atoms. The summed E-state index contributed by atoms with van der Waals surface area (Å²) in [5, 5.41) is 37.4. The average Bonchev–Trinajstić information content (AvgIpc) is 2.74. The predicted molar refractivity (Wildman–Crippen MR) is 62.9 cm³/mol. The Morgan fingerprint density at radius 3 is 2.58 bits per heavy atom. The van der Waals surface area contributed by atoms with E-state index in [0.29, 0.717) is 0 Å². The highest BCUT2D eigenvalue weighted by Crippen LogP contribution is 2.31. The molecule has 0 spiro atoms. The van der Waals surface area contributed by atoms with E-state index >= 15 is 0 Å². The van der Waals surface area contributed by atoms with Crippen LogP contribution in [0.4, 0.5) is 0 Å². The van der Waals surface area contributed by atoms with Crippen LogP contribution in [-0.4, -0.2) is 55.9 Å². The highest BCUT2D eigenvalue weighted by molar-refractivity contribution is 5.99. The highest BCUT2D eigenvalue weighted by atomic mass is 16.4. The van der Waals surface area contributed by atoms with E-state index in [1.807, 2.05) is 0 Å². The lowest BCUT2D eigenvalue weighted by Crippen LogP contribution is -2.40. The van der Waals surface area contributed by atoms with Crippen molar-refractivity contribution in [1.82, 2.24) is 4.90 Å². The zero-order chi connectivity index (χ0) is 14.2. The molecule has 0 bridgehead atoms. The van der Waals surface area contributed by atoms with E-state index in [1.165, 1.54) is 18.2 Å². The Labute approximate surface area is 108 Å². The van der Waals surface area contributed by atoms with Crippen molar-refractivity contribution in [2.24, 2.45) is 0 Å². The Bertz CT molecular complexity index is 529. The number of nitrogens with zero attached hydrogens (tertiary/aromatic N) is 1. The molecule has 1 heterocycles. The lowest BCUT2D eigenvalue weighted by Gasteiger charge is -2.21. The number of aliphatic hydroxyl groups excluding tert-OH is 1. The fraction of sp³-hybridized carbons (Fsp3) is 0.333. The quantitative estimate of drug-likeness (QED) is 0.549. The summed E-state index contributed by atoms with van der Waals surface area (Å²) in [5.41, 5.74) is -0.194. The van der Waals surface area contributed by atoms with Crippen LogP contribution in [0.1, 0.15) is 16.8 Å². The van der Waals surface area contributed by atoms with Crippen molar-refractivity contribution in [3.05, 3.63) is 23.8 Å². The topological polar surface area (TPSA) is 118 Å². The van der Waals surface area contributed by atoms with Gasteiger partial charge in [0, 0.05) is 13.0 Å². The van der Waals surface area contributed by atoms with Crippen molar-refractivity contribution < 1.29 is 30.0 Å². The smallest absolute Gasteiger partial charge is 0.326 e. The van der Waals surface area contributed by atoms with Crippen LogP contribution in [0.25, 0.3) is 0 Å². The van der Waals surface area contributed by atoms with Crippen molar-refractivity contribution >= 4 is 11.9 Å². The molecule has 0 radical (unpaired) electrons. The van der Waals surface area contributed by atoms with E-state index in [-0.39, 0.29) is 18.5 Å². The lowest BCUT2D eigenvalue weighted by atomic mass is 10.1. The van der Waals surface area contributed by atoms with Gasteiger partial charge in [0.05, 0.1) is 11.7 Å². The minimum atomic E-state index is -1.22. The van der Waals surface area contributed by atoms with Crippen LogP contribution in [0.2, 0.25) is 0 Å². The summed E-state index contributed by atoms with van der Waals surface area (Å²) in [5.74, 6) is -3.02. The first-order valence-electron chi connectivity index (χ1n) is 5.64. The summed E-state index contributed by atoms with van der Waals surface area (Å²) < 4.78 is 0. The molecule has 2 unspecified atom stereocenters. The van der Waals surface area contributed by atoms with Crippen LogP contribution in [0.5, 0.6) is 11.5 Å². The molecule has 1 aliphatic rings. The third-order valence-corrected chi connectivity index (χ3v) is 3.07. The Morgan fingerprint density at radius 2 is 1.95 bits per heavy atom. The van der Waals surface area contributed by atoms with Crippen LogP contribution in [0, 0.1) is 0 Å². The molecule has 4 N–H and O–H groups in total. The number of carbonyl (C=O) groups excluding carboxylic acids is 1. The molecule has 1 aromatic carbocycles. The maximum atomic E-state index is 12.2. The van der Waals surface area contributed by atoms with Crippen molar-refractivity contribution in [2.75, 3.05) is 6.54 Å². The number of rotatable bonds is 2. The molecule has 0 aromatic heterocycles. The fourth-order valence-electron chi connectivity index (χ4n) is 2.13. The second kappa shape index (κ2) is 4.77. The Hall–Kier alpha value is -2.28. The maximum absolute atomic E-state index is 12.2. The van der Waals surface area contributed by atoms with Gasteiger partial charge in [-0.05, 0) is 12.1 Å². The van der Waals surface area contributed by atoms with Gasteiger partial charge in [-0.3, -0.25) is 4.79 Å². The average molecular weight is 267 g/mol. The number of hydrogen-bond donors (Lipinski definition) is 4. The van der Waals surface area contributed by atoms with Gasteiger partial charge < -0.3 is 25.3 Å². The third kappa shape index (κ3) is 2.32. The zero-order valence-corrected chi connectivity index (χ0v) is 9.85. The van der Waals surface area contributed by atoms with Gasteiger partial charge in [0.15, 0.2) is 11.5 Å². The Morgan fingerprint density at radius 1 is 1.26 bits per heavy atom. The molecule has 1 aromatic rings. The monoisotopic (exact) mass is 267 g/mol. The lowest BCUT2D eigenvalue weighted by molar-refractivity contribution is -0.141. The second-order valence-corrected chi connectivity index (χ2v) is 4.37. The Kier molecular flexibility index (Phi) is 3.30. The molecule has 1 aliphatic heterocycles. The van der Waals surface area contributed by atoms with Crippen LogP contribution >= 0.6 is 0 Å². The summed E-state index contributed by atoms with van der Waals surface area (Å²) in [6.45, 7) is -0.120. The summed E-state index contributed by atoms with van der Waals surface area (Å²) in [6.07, 6.45) is -0.967. The van der Waals surface area contributed by atoms with Gasteiger partial charge in [-0.25, -0.2) is 4.79 Å². The zero-order valence-electron chi connectivity index (χ0n) is 9.85. The number of likely N-dealkylation sites (tertiary alicyclic amines) is 1. The maximum Gasteiger partial charge on any atom is 0.326 e. The minimum absolute atomic E-state index is 0.0549. The molecular weight excluding hydrogens is 254 g/mol. The van der Waals surface area contributed by atoms with Gasteiger partial charge in [0.1, 0.15) is 6.04 Å². The molecule has 1 fully saturated rings. The number of β-amino-alcohol motifs (C(OH)–C–C–N with tert-alkyl or cyclic N) is 1. The van der Waals surface area contributed by atoms with E-state index in [1.54, 1.807) is 0 Å². The molecule has 7 nitrogen and oxygen atoms in total. The van der Waals surface area contributed by atoms with Gasteiger partial charge in [-0.1, -0.05) is 6.07 Å². The van der Waals surface area contributed by atoms with E-state index in [9.17, 15) is 24.9 Å². The van der Waals surface area contributed by atoms with Crippen LogP contribution in [0.15, 0.2) is 18.2 Å². The number of aliphatic hydroxyl groups is 1. The van der Waals surface area contributed by atoms with Crippen LogP contribution < -0.4 is 0 Å². The molecule has 1 amide bonds. The number of carboxylic acid groups (broad SMARTS) is 1. The van der Waals surface area contributed by atoms with E-state index in [2.05, 4.69) is 0 Å². The number of aromatic hydroxyl groups is 2. The van der Waals surface area contributed by atoms with Gasteiger partial charge in [-0.2, -0.15) is 0 Å². The number of para-hydroxylation sites is 1. The SMILES string of the molecule is O=C(O)C1CC(O)CN1C(=O)c1cccc(O)c1O. The molecule has 0 aliphatic carbocycles. The number of hydrogen-bond acceptors (Lipinski definition) is 5. The number of carboxylic acids is 1. The largest absolute Gasteiger partial charge is 0.504 e. The van der Waals surface area contributed by atoms with E-state index in [0.717, 1.165) is 4.90 Å². The fourth-order valence-corrected chi connectivity index (χ4v) is 2.13. The van der Waals surface area contributed by atoms with Crippen molar-refractivity contribution in [3.8, 4) is 11.5 Å². The standard InChI is InChI=1S/C12H13NO6/c14-6-4-8(12(18)19)13(5-6)11(17)7-2-1-3-9(15)10(7)16/h1-3,6,8,14-16H,4-5H2,(H,18,19). The molecule has 7 heteroatoms. The third-order valence-electron chi connectivity index (χ3n) is 3.07. The van der Waals surface area contributed by atoms with E-state index < -0.39 is 35.5 Å². The molecule has 2 atom stereocenters. The number of phenolic OH excluding ortho intramolecular Hbond substituents is 2. The number of phenols is 2. The van der Waals surface area contributed by atoms with E-state index in [4.69, 9.17) is 5.11 Å². The Balaban J connectivity index is 2.33. The van der Waals surface area contributed by atoms with Crippen molar-refractivity contribution in [2.45, 2.75) is 18.6 Å². The number of carbonyl (C=O) groups is 2. The van der Waals surface area contributed by atoms with Crippen molar-refractivity contribution in [1.29, 1.82) is 0 Å². The summed E-state index contributed by atoms with van der Waals surface area (Å²) in [7, 11) is 0. The minimum Gasteiger partial charge on any atom is -0.504 e. The van der Waals surface area contributed by atoms with Crippen molar-refractivity contribution in [3.63, 3.8) is 0 Å². The van der Waals surface area contributed by atoms with Gasteiger partial charge in [-0.15, -0.1) is 0 Å². The van der Waals surface area contributed by atoms with Gasteiger partial charge in [0.25, 0.3) is 5.91 Å².